The van der Waals surface area contributed by atoms with E-state index in [1.165, 1.54) is 0 Å². The van der Waals surface area contributed by atoms with Crippen molar-refractivity contribution in [3.8, 4) is 0 Å². The number of methoxy groups -OCH3 is 1. The molecule has 2 N–H and O–H groups in total. The van der Waals surface area contributed by atoms with Gasteiger partial charge in [0.2, 0.25) is 5.95 Å². The van der Waals surface area contributed by atoms with Crippen LogP contribution in [0.5, 0.6) is 0 Å². The van der Waals surface area contributed by atoms with Gasteiger partial charge in [-0.15, -0.1) is 0 Å². The van der Waals surface area contributed by atoms with E-state index in [2.05, 4.69) is 27.5 Å². The van der Waals surface area contributed by atoms with E-state index >= 15 is 0 Å². The molecule has 0 aromatic carbocycles. The Hall–Kier alpha value is -1.36. The summed E-state index contributed by atoms with van der Waals surface area (Å²) in [4.78, 5) is 8.51. The molecule has 96 valence electrons. The van der Waals surface area contributed by atoms with Gasteiger partial charge in [-0.1, -0.05) is 13.3 Å². The van der Waals surface area contributed by atoms with Crippen LogP contribution in [0.4, 0.5) is 11.8 Å². The van der Waals surface area contributed by atoms with Gasteiger partial charge in [-0.25, -0.2) is 4.98 Å². The largest absolute Gasteiger partial charge is 0.383 e. The minimum Gasteiger partial charge on any atom is -0.383 e. The van der Waals surface area contributed by atoms with Crippen molar-refractivity contribution in [2.75, 3.05) is 30.9 Å². The minimum absolute atomic E-state index is 0.300. The highest BCUT2D eigenvalue weighted by molar-refractivity contribution is 5.40. The number of nitrogens with one attached hydrogen (secondary N) is 2. The molecule has 0 radical (unpaired) electrons. The molecule has 0 bridgehead atoms. The molecule has 0 saturated carbocycles. The third kappa shape index (κ3) is 4.99. The molecule has 0 saturated heterocycles. The van der Waals surface area contributed by atoms with Crippen molar-refractivity contribution in [3.05, 3.63) is 12.3 Å². The van der Waals surface area contributed by atoms with Crippen LogP contribution in [0.2, 0.25) is 0 Å². The van der Waals surface area contributed by atoms with Gasteiger partial charge in [-0.3, -0.25) is 0 Å². The van der Waals surface area contributed by atoms with Gasteiger partial charge in [-0.05, 0) is 19.4 Å². The minimum atomic E-state index is 0.300. The van der Waals surface area contributed by atoms with E-state index in [4.69, 9.17) is 4.74 Å². The molecule has 5 heteroatoms. The fourth-order valence-electron chi connectivity index (χ4n) is 1.64. The molecule has 5 nitrogen and oxygen atoms in total. The highest BCUT2D eigenvalue weighted by atomic mass is 16.5. The second-order valence-electron chi connectivity index (χ2n) is 3.88. The van der Waals surface area contributed by atoms with Gasteiger partial charge in [0.15, 0.2) is 0 Å². The number of aromatic nitrogens is 2. The molecule has 0 aliphatic carbocycles. The molecule has 0 spiro atoms. The Labute approximate surface area is 103 Å². The first-order valence-electron chi connectivity index (χ1n) is 6.12. The smallest absolute Gasteiger partial charge is 0.224 e. The third-order valence-corrected chi connectivity index (χ3v) is 2.35. The first kappa shape index (κ1) is 13.7. The zero-order valence-corrected chi connectivity index (χ0v) is 10.9. The molecule has 1 aromatic heterocycles. The Morgan fingerprint density at radius 2 is 2.24 bits per heavy atom. The predicted molar refractivity (Wildman–Crippen MR) is 70.4 cm³/mol. The molecule has 0 amide bonds. The molecule has 1 atom stereocenters. The number of ether oxygens (including phenoxy) is 1. The second kappa shape index (κ2) is 7.84. The van der Waals surface area contributed by atoms with E-state index in [0.29, 0.717) is 18.6 Å². The van der Waals surface area contributed by atoms with Crippen molar-refractivity contribution < 1.29 is 4.74 Å². The fourth-order valence-corrected chi connectivity index (χ4v) is 1.64. The summed E-state index contributed by atoms with van der Waals surface area (Å²) in [5.74, 6) is 1.50. The van der Waals surface area contributed by atoms with E-state index in [1.807, 2.05) is 13.0 Å². The first-order valence-corrected chi connectivity index (χ1v) is 6.12. The zero-order chi connectivity index (χ0) is 12.5. The second-order valence-corrected chi connectivity index (χ2v) is 3.88. The Balaban J connectivity index is 2.60. The van der Waals surface area contributed by atoms with Crippen LogP contribution in [0.15, 0.2) is 12.3 Å². The topological polar surface area (TPSA) is 59.1 Å². The highest BCUT2D eigenvalue weighted by Gasteiger charge is 2.08. The third-order valence-electron chi connectivity index (χ3n) is 2.35. The molecule has 0 aliphatic heterocycles. The summed E-state index contributed by atoms with van der Waals surface area (Å²) in [6.07, 6.45) is 3.93. The summed E-state index contributed by atoms with van der Waals surface area (Å²) in [7, 11) is 1.72. The SMILES string of the molecule is CCCC(COC)Nc1ccnc(NCC)n1. The zero-order valence-electron chi connectivity index (χ0n) is 10.9. The van der Waals surface area contributed by atoms with Gasteiger partial charge in [-0.2, -0.15) is 4.98 Å². The van der Waals surface area contributed by atoms with Crippen LogP contribution in [0.3, 0.4) is 0 Å². The fraction of sp³-hybridized carbons (Fsp3) is 0.667. The molecular formula is C12H22N4O. The van der Waals surface area contributed by atoms with Gasteiger partial charge in [0.1, 0.15) is 5.82 Å². The lowest BCUT2D eigenvalue weighted by atomic mass is 10.2. The predicted octanol–water partition coefficient (Wildman–Crippen LogP) is 2.14. The summed E-state index contributed by atoms with van der Waals surface area (Å²) >= 11 is 0. The van der Waals surface area contributed by atoms with Crippen molar-refractivity contribution in [2.24, 2.45) is 0 Å². The standard InChI is InChI=1S/C12H22N4O/c1-4-6-10(9-17-3)15-11-7-8-14-12(16-11)13-5-2/h7-8,10H,4-6,9H2,1-3H3,(H2,13,14,15,16). The Bertz CT molecular complexity index is 313. The summed E-state index contributed by atoms with van der Waals surface area (Å²) in [5, 5.41) is 6.46. The number of hydrogen-bond acceptors (Lipinski definition) is 5. The molecule has 1 rings (SSSR count). The Kier molecular flexibility index (Phi) is 6.32. The van der Waals surface area contributed by atoms with E-state index in [-0.39, 0.29) is 0 Å². The summed E-state index contributed by atoms with van der Waals surface area (Å²) in [5.41, 5.74) is 0. The normalized spacial score (nSPS) is 12.2. The maximum absolute atomic E-state index is 5.18. The number of anilines is 2. The van der Waals surface area contributed by atoms with Crippen molar-refractivity contribution in [2.45, 2.75) is 32.7 Å². The quantitative estimate of drug-likeness (QED) is 0.726. The van der Waals surface area contributed by atoms with Crippen LogP contribution in [-0.2, 0) is 4.74 Å². The van der Waals surface area contributed by atoms with Crippen molar-refractivity contribution in [1.29, 1.82) is 0 Å². The molecule has 1 aromatic rings. The molecule has 0 aliphatic rings. The number of nitrogens with zero attached hydrogens (tertiary/aromatic N) is 2. The molecule has 0 fully saturated rings. The van der Waals surface area contributed by atoms with Crippen LogP contribution in [-0.4, -0.2) is 36.3 Å². The van der Waals surface area contributed by atoms with Crippen LogP contribution in [0.25, 0.3) is 0 Å². The summed E-state index contributed by atoms with van der Waals surface area (Å²) < 4.78 is 5.18. The highest BCUT2D eigenvalue weighted by Crippen LogP contribution is 2.09. The van der Waals surface area contributed by atoms with E-state index in [0.717, 1.165) is 25.2 Å². The first-order chi connectivity index (χ1) is 8.30. The Morgan fingerprint density at radius 1 is 1.41 bits per heavy atom. The number of hydrogen-bond donors (Lipinski definition) is 2. The average molecular weight is 238 g/mol. The Morgan fingerprint density at radius 3 is 2.88 bits per heavy atom. The molecule has 1 heterocycles. The lowest BCUT2D eigenvalue weighted by molar-refractivity contribution is 0.182. The molecule has 17 heavy (non-hydrogen) atoms. The van der Waals surface area contributed by atoms with E-state index in [9.17, 15) is 0 Å². The van der Waals surface area contributed by atoms with E-state index < -0.39 is 0 Å². The van der Waals surface area contributed by atoms with Crippen LogP contribution >= 0.6 is 0 Å². The van der Waals surface area contributed by atoms with Gasteiger partial charge in [0.25, 0.3) is 0 Å². The van der Waals surface area contributed by atoms with Crippen LogP contribution in [0.1, 0.15) is 26.7 Å². The van der Waals surface area contributed by atoms with E-state index in [1.54, 1.807) is 13.3 Å². The summed E-state index contributed by atoms with van der Waals surface area (Å²) in [6, 6.07) is 2.17. The van der Waals surface area contributed by atoms with Gasteiger partial charge >= 0.3 is 0 Å². The average Bonchev–Trinajstić information content (AvgIpc) is 2.30. The molecular weight excluding hydrogens is 216 g/mol. The van der Waals surface area contributed by atoms with Gasteiger partial charge in [0.05, 0.1) is 12.6 Å². The van der Waals surface area contributed by atoms with Crippen molar-refractivity contribution >= 4 is 11.8 Å². The van der Waals surface area contributed by atoms with Crippen LogP contribution < -0.4 is 10.6 Å². The van der Waals surface area contributed by atoms with Crippen LogP contribution in [0, 0.1) is 0 Å². The monoisotopic (exact) mass is 238 g/mol. The maximum Gasteiger partial charge on any atom is 0.224 e. The lowest BCUT2D eigenvalue weighted by Crippen LogP contribution is -2.25. The lowest BCUT2D eigenvalue weighted by Gasteiger charge is -2.17. The summed E-state index contributed by atoms with van der Waals surface area (Å²) in [6.45, 7) is 5.69. The van der Waals surface area contributed by atoms with Gasteiger partial charge < -0.3 is 15.4 Å². The maximum atomic E-state index is 5.18. The van der Waals surface area contributed by atoms with Crippen molar-refractivity contribution in [3.63, 3.8) is 0 Å². The van der Waals surface area contributed by atoms with Crippen molar-refractivity contribution in [1.82, 2.24) is 9.97 Å². The van der Waals surface area contributed by atoms with Gasteiger partial charge in [0, 0.05) is 19.9 Å². The number of rotatable bonds is 8. The molecule has 1 unspecified atom stereocenters.